The second-order valence-electron chi connectivity index (χ2n) is 5.47. The van der Waals surface area contributed by atoms with Gasteiger partial charge < -0.3 is 14.5 Å². The number of hydrogen-bond acceptors (Lipinski definition) is 6. The zero-order valence-corrected chi connectivity index (χ0v) is 13.4. The molecular formula is C18H20N4O2. The lowest BCUT2D eigenvalue weighted by atomic mass is 10.2. The highest BCUT2D eigenvalue weighted by atomic mass is 16.5. The third kappa shape index (κ3) is 4.44. The maximum atomic E-state index is 9.20. The molecule has 6 heteroatoms. The Morgan fingerprint density at radius 2 is 2.00 bits per heavy atom. The molecule has 1 aromatic heterocycles. The maximum Gasteiger partial charge on any atom is 0.232 e. The van der Waals surface area contributed by atoms with E-state index in [1.54, 1.807) is 6.08 Å². The number of rotatable bonds is 6. The van der Waals surface area contributed by atoms with Crippen LogP contribution in [0.2, 0.25) is 0 Å². The third-order valence-corrected chi connectivity index (χ3v) is 3.78. The van der Waals surface area contributed by atoms with Crippen LogP contribution in [0.3, 0.4) is 0 Å². The molecule has 1 saturated heterocycles. The first-order chi connectivity index (χ1) is 11.8. The molecular weight excluding hydrogens is 304 g/mol. The van der Waals surface area contributed by atoms with Crippen LogP contribution >= 0.6 is 0 Å². The predicted molar refractivity (Wildman–Crippen MR) is 92.3 cm³/mol. The summed E-state index contributed by atoms with van der Waals surface area (Å²) < 4.78 is 11.0. The zero-order valence-electron chi connectivity index (χ0n) is 13.4. The van der Waals surface area contributed by atoms with Crippen LogP contribution in [0.4, 0.5) is 5.88 Å². The lowest BCUT2D eigenvalue weighted by Crippen LogP contribution is -2.39. The molecule has 1 N–H and O–H groups in total. The van der Waals surface area contributed by atoms with E-state index in [0.29, 0.717) is 18.3 Å². The molecule has 24 heavy (non-hydrogen) atoms. The van der Waals surface area contributed by atoms with Gasteiger partial charge in [-0.1, -0.05) is 30.3 Å². The van der Waals surface area contributed by atoms with E-state index in [1.165, 1.54) is 0 Å². The third-order valence-electron chi connectivity index (χ3n) is 3.78. The van der Waals surface area contributed by atoms with Crippen molar-refractivity contribution in [1.82, 2.24) is 9.88 Å². The zero-order chi connectivity index (χ0) is 16.6. The summed E-state index contributed by atoms with van der Waals surface area (Å²) in [7, 11) is 0. The average Bonchev–Trinajstić information content (AvgIpc) is 3.04. The fourth-order valence-corrected chi connectivity index (χ4v) is 2.49. The number of nitrogens with one attached hydrogen (secondary N) is 1. The van der Waals surface area contributed by atoms with Crippen LogP contribution in [0.1, 0.15) is 17.1 Å². The Morgan fingerprint density at radius 1 is 1.21 bits per heavy atom. The Kier molecular flexibility index (Phi) is 5.61. The van der Waals surface area contributed by atoms with Gasteiger partial charge in [-0.3, -0.25) is 4.90 Å². The van der Waals surface area contributed by atoms with E-state index >= 15 is 0 Å². The van der Waals surface area contributed by atoms with E-state index in [0.717, 1.165) is 38.4 Å². The van der Waals surface area contributed by atoms with Crippen molar-refractivity contribution in [3.63, 3.8) is 0 Å². The number of nitrogens with zero attached hydrogens (tertiary/aromatic N) is 3. The van der Waals surface area contributed by atoms with Gasteiger partial charge in [0.2, 0.25) is 17.5 Å². The molecule has 2 aromatic rings. The van der Waals surface area contributed by atoms with E-state index in [9.17, 15) is 5.26 Å². The Labute approximate surface area is 141 Å². The minimum atomic E-state index is 0.282. The standard InChI is InChI=1S/C18H20N4O2/c19-14-16-18(20-8-9-22-10-12-23-13-11-22)24-17(21-16)7-6-15-4-2-1-3-5-15/h1-7,20H,8-13H2. The monoisotopic (exact) mass is 324 g/mol. The van der Waals surface area contributed by atoms with E-state index in [1.807, 2.05) is 36.4 Å². The lowest BCUT2D eigenvalue weighted by Gasteiger charge is -2.26. The number of nitriles is 1. The molecule has 124 valence electrons. The quantitative estimate of drug-likeness (QED) is 0.880. The van der Waals surface area contributed by atoms with Crippen LogP contribution in [-0.2, 0) is 4.74 Å². The summed E-state index contributed by atoms with van der Waals surface area (Å²) in [4.78, 5) is 6.51. The lowest BCUT2D eigenvalue weighted by molar-refractivity contribution is 0.0398. The first-order valence-electron chi connectivity index (χ1n) is 8.03. The molecule has 0 amide bonds. The molecule has 0 bridgehead atoms. The Balaban J connectivity index is 1.58. The van der Waals surface area contributed by atoms with Crippen molar-refractivity contribution >= 4 is 18.0 Å². The summed E-state index contributed by atoms with van der Waals surface area (Å²) in [5, 5.41) is 12.4. The van der Waals surface area contributed by atoms with Gasteiger partial charge in [-0.25, -0.2) is 0 Å². The fraction of sp³-hybridized carbons (Fsp3) is 0.333. The summed E-state index contributed by atoms with van der Waals surface area (Å²) in [6.07, 6.45) is 3.67. The van der Waals surface area contributed by atoms with Gasteiger partial charge in [0.1, 0.15) is 6.07 Å². The van der Waals surface area contributed by atoms with Gasteiger partial charge in [0.05, 0.1) is 13.2 Å². The Hall–Kier alpha value is -2.62. The highest BCUT2D eigenvalue weighted by molar-refractivity contribution is 5.67. The van der Waals surface area contributed by atoms with Crippen molar-refractivity contribution < 1.29 is 9.15 Å². The molecule has 1 aliphatic rings. The van der Waals surface area contributed by atoms with Gasteiger partial charge in [0, 0.05) is 32.3 Å². The topological polar surface area (TPSA) is 74.3 Å². The van der Waals surface area contributed by atoms with Crippen molar-refractivity contribution in [2.24, 2.45) is 0 Å². The number of morpholine rings is 1. The van der Waals surface area contributed by atoms with Crippen molar-refractivity contribution in [3.05, 3.63) is 47.5 Å². The fourth-order valence-electron chi connectivity index (χ4n) is 2.49. The van der Waals surface area contributed by atoms with Gasteiger partial charge in [-0.15, -0.1) is 0 Å². The molecule has 6 nitrogen and oxygen atoms in total. The van der Waals surface area contributed by atoms with Crippen molar-refractivity contribution in [1.29, 1.82) is 5.26 Å². The van der Waals surface area contributed by atoms with Crippen LogP contribution in [0, 0.1) is 11.3 Å². The average molecular weight is 324 g/mol. The van der Waals surface area contributed by atoms with Gasteiger partial charge in [-0.2, -0.15) is 10.2 Å². The molecule has 1 aliphatic heterocycles. The number of oxazole rings is 1. The minimum absolute atomic E-state index is 0.282. The first-order valence-corrected chi connectivity index (χ1v) is 8.03. The molecule has 0 aliphatic carbocycles. The maximum absolute atomic E-state index is 9.20. The molecule has 1 aromatic carbocycles. The molecule has 0 radical (unpaired) electrons. The number of anilines is 1. The minimum Gasteiger partial charge on any atom is -0.420 e. The Bertz CT molecular complexity index is 712. The largest absolute Gasteiger partial charge is 0.420 e. The van der Waals surface area contributed by atoms with E-state index in [-0.39, 0.29) is 5.69 Å². The van der Waals surface area contributed by atoms with Crippen molar-refractivity contribution in [3.8, 4) is 6.07 Å². The normalized spacial score (nSPS) is 15.5. The second-order valence-corrected chi connectivity index (χ2v) is 5.47. The smallest absolute Gasteiger partial charge is 0.232 e. The first kappa shape index (κ1) is 16.2. The van der Waals surface area contributed by atoms with Gasteiger partial charge >= 0.3 is 0 Å². The van der Waals surface area contributed by atoms with E-state index in [4.69, 9.17) is 9.15 Å². The summed E-state index contributed by atoms with van der Waals surface area (Å²) in [5.74, 6) is 0.850. The Morgan fingerprint density at radius 3 is 2.75 bits per heavy atom. The van der Waals surface area contributed by atoms with Crippen molar-refractivity contribution in [2.75, 3.05) is 44.7 Å². The van der Waals surface area contributed by atoms with Gasteiger partial charge in [0.25, 0.3) is 0 Å². The summed E-state index contributed by atoms with van der Waals surface area (Å²) in [6, 6.07) is 12.0. The number of ether oxygens (including phenoxy) is 1. The van der Waals surface area contributed by atoms with Gasteiger partial charge in [-0.05, 0) is 11.6 Å². The van der Waals surface area contributed by atoms with E-state index in [2.05, 4.69) is 21.3 Å². The molecule has 3 rings (SSSR count). The van der Waals surface area contributed by atoms with E-state index < -0.39 is 0 Å². The number of hydrogen-bond donors (Lipinski definition) is 1. The van der Waals surface area contributed by atoms with Crippen LogP contribution in [0.25, 0.3) is 12.2 Å². The van der Waals surface area contributed by atoms with Gasteiger partial charge in [0.15, 0.2) is 0 Å². The van der Waals surface area contributed by atoms with Crippen LogP contribution < -0.4 is 5.32 Å². The summed E-state index contributed by atoms with van der Waals surface area (Å²) >= 11 is 0. The molecule has 0 unspecified atom stereocenters. The summed E-state index contributed by atoms with van der Waals surface area (Å²) in [5.41, 5.74) is 1.33. The highest BCUT2D eigenvalue weighted by Gasteiger charge is 2.13. The molecule has 2 heterocycles. The summed E-state index contributed by atoms with van der Waals surface area (Å²) in [6.45, 7) is 5.01. The highest BCUT2D eigenvalue weighted by Crippen LogP contribution is 2.18. The molecule has 1 fully saturated rings. The molecule has 0 saturated carbocycles. The second kappa shape index (κ2) is 8.29. The molecule has 0 atom stereocenters. The van der Waals surface area contributed by atoms with Crippen molar-refractivity contribution in [2.45, 2.75) is 0 Å². The SMILES string of the molecule is N#Cc1nc(C=Cc2ccccc2)oc1NCCN1CCOCC1. The number of aromatic nitrogens is 1. The van der Waals surface area contributed by atoms with Crippen LogP contribution in [0.15, 0.2) is 34.7 Å². The predicted octanol–water partition coefficient (Wildman–Crippen LogP) is 2.46. The van der Waals surface area contributed by atoms with Crippen LogP contribution in [-0.4, -0.2) is 49.3 Å². The number of benzene rings is 1. The molecule has 0 spiro atoms. The van der Waals surface area contributed by atoms with Crippen LogP contribution in [0.5, 0.6) is 0 Å².